The second kappa shape index (κ2) is 7.34. The molecule has 0 bridgehead atoms. The molecule has 1 rings (SSSR count). The van der Waals surface area contributed by atoms with Gasteiger partial charge < -0.3 is 5.43 Å². The van der Waals surface area contributed by atoms with Gasteiger partial charge in [-0.2, -0.15) is 30.7 Å². The van der Waals surface area contributed by atoms with E-state index in [1.54, 1.807) is 19.1 Å². The van der Waals surface area contributed by atoms with Crippen molar-refractivity contribution in [2.45, 2.75) is 31.9 Å². The van der Waals surface area contributed by atoms with Crippen LogP contribution < -0.4 is 10.9 Å². The smallest absolute Gasteiger partial charge is 0.303 e. The lowest BCUT2D eigenvalue weighted by molar-refractivity contribution is -0.342. The first-order valence-corrected chi connectivity index (χ1v) is 6.88. The Morgan fingerprint density at radius 3 is 2.08 bits per heavy atom. The average Bonchev–Trinajstić information content (AvgIpc) is 2.51. The van der Waals surface area contributed by atoms with Gasteiger partial charge in [-0.15, -0.1) is 0 Å². The summed E-state index contributed by atoms with van der Waals surface area (Å²) in [6, 6.07) is 6.12. The topological polar surface area (TPSA) is 58.2 Å². The van der Waals surface area contributed by atoms with Gasteiger partial charge in [0.05, 0.1) is 0 Å². The van der Waals surface area contributed by atoms with Crippen LogP contribution in [0.4, 0.5) is 30.7 Å². The van der Waals surface area contributed by atoms with Gasteiger partial charge >= 0.3 is 18.0 Å². The minimum absolute atomic E-state index is 0.157. The summed E-state index contributed by atoms with van der Waals surface area (Å²) in [5.74, 6) is -16.1. The highest BCUT2D eigenvalue weighted by atomic mass is 19.4. The molecule has 0 aliphatic rings. The monoisotopic (exact) mass is 386 g/mol. The van der Waals surface area contributed by atoms with Crippen LogP contribution >= 0.6 is 0 Å². The third-order valence-corrected chi connectivity index (χ3v) is 3.06. The normalized spacial score (nSPS) is 13.3. The van der Waals surface area contributed by atoms with E-state index in [1.165, 1.54) is 12.1 Å². The molecule has 0 saturated heterocycles. The lowest BCUT2D eigenvalue weighted by Gasteiger charge is -2.26. The van der Waals surface area contributed by atoms with Crippen molar-refractivity contribution in [2.24, 2.45) is 0 Å². The van der Waals surface area contributed by atoms with Gasteiger partial charge in [0.1, 0.15) is 0 Å². The molecule has 0 aliphatic heterocycles. The number of carbonyl (C=O) groups is 2. The van der Waals surface area contributed by atoms with E-state index >= 15 is 0 Å². The zero-order valence-electron chi connectivity index (χ0n) is 13.3. The predicted molar refractivity (Wildman–Crippen MR) is 76.5 cm³/mol. The van der Waals surface area contributed by atoms with Crippen LogP contribution in [0.3, 0.4) is 0 Å². The molecule has 0 unspecified atom stereocenters. The number of hydrazine groups is 1. The number of hydrogen-bond donors (Lipinski definition) is 2. The molecule has 0 fully saturated rings. The molecule has 26 heavy (non-hydrogen) atoms. The third kappa shape index (κ3) is 4.52. The predicted octanol–water partition coefficient (Wildman–Crippen LogP) is 3.54. The van der Waals surface area contributed by atoms with Crippen molar-refractivity contribution in [3.63, 3.8) is 0 Å². The molecule has 1 amide bonds. The van der Waals surface area contributed by atoms with Crippen molar-refractivity contribution >= 4 is 11.7 Å². The van der Waals surface area contributed by atoms with Crippen LogP contribution in [0.25, 0.3) is 0 Å². The van der Waals surface area contributed by atoms with Crippen molar-refractivity contribution in [3.05, 3.63) is 47.2 Å². The summed E-state index contributed by atoms with van der Waals surface area (Å²) >= 11 is 0. The number of ketones is 1. The summed E-state index contributed by atoms with van der Waals surface area (Å²) in [4.78, 5) is 22.9. The highest BCUT2D eigenvalue weighted by Crippen LogP contribution is 2.47. The third-order valence-electron chi connectivity index (χ3n) is 3.06. The van der Waals surface area contributed by atoms with Crippen LogP contribution in [0.1, 0.15) is 22.8 Å². The van der Waals surface area contributed by atoms with Crippen molar-refractivity contribution in [2.75, 3.05) is 0 Å². The van der Waals surface area contributed by atoms with Crippen molar-refractivity contribution < 1.29 is 40.3 Å². The van der Waals surface area contributed by atoms with Gasteiger partial charge in [0.25, 0.3) is 5.91 Å². The second-order valence-electron chi connectivity index (χ2n) is 5.29. The van der Waals surface area contributed by atoms with Gasteiger partial charge in [-0.05, 0) is 26.0 Å². The molecule has 1 aromatic carbocycles. The molecular formula is C15H13F7N2O2. The van der Waals surface area contributed by atoms with E-state index < -0.39 is 35.4 Å². The van der Waals surface area contributed by atoms with Gasteiger partial charge in [-0.25, -0.2) is 0 Å². The first kappa shape index (κ1) is 21.5. The van der Waals surface area contributed by atoms with E-state index in [1.807, 2.05) is 10.9 Å². The van der Waals surface area contributed by atoms with Crippen LogP contribution in [-0.4, -0.2) is 29.7 Å². The van der Waals surface area contributed by atoms with E-state index in [0.717, 1.165) is 12.5 Å². The Morgan fingerprint density at radius 2 is 1.58 bits per heavy atom. The molecule has 1 aromatic rings. The Bertz CT molecular complexity index is 727. The Kier molecular flexibility index (Phi) is 6.06. The Balaban J connectivity index is 2.83. The summed E-state index contributed by atoms with van der Waals surface area (Å²) in [5.41, 5.74) is 4.28. The van der Waals surface area contributed by atoms with Gasteiger partial charge in [0.15, 0.2) is 0 Å². The number of carbonyl (C=O) groups excluding carboxylic acids is 2. The second-order valence-corrected chi connectivity index (χ2v) is 5.29. The molecule has 0 aromatic heterocycles. The Morgan fingerprint density at radius 1 is 1.00 bits per heavy atom. The Labute approximate surface area is 143 Å². The number of hydrogen-bond acceptors (Lipinski definition) is 3. The molecule has 0 saturated carbocycles. The maximum Gasteiger partial charge on any atom is 0.460 e. The van der Waals surface area contributed by atoms with Gasteiger partial charge in [0.2, 0.25) is 5.78 Å². The number of aryl methyl sites for hydroxylation is 1. The number of allylic oxidation sites excluding steroid dienone is 2. The summed E-state index contributed by atoms with van der Waals surface area (Å²) < 4.78 is 88.0. The van der Waals surface area contributed by atoms with Gasteiger partial charge in [0, 0.05) is 17.3 Å². The fourth-order valence-corrected chi connectivity index (χ4v) is 1.67. The van der Waals surface area contributed by atoms with Crippen molar-refractivity contribution in [1.29, 1.82) is 0 Å². The highest BCUT2D eigenvalue weighted by Gasteiger charge is 2.75. The number of rotatable bonds is 6. The van der Waals surface area contributed by atoms with Crippen LogP contribution in [0, 0.1) is 6.92 Å². The van der Waals surface area contributed by atoms with Crippen LogP contribution in [0.2, 0.25) is 0 Å². The maximum atomic E-state index is 13.2. The summed E-state index contributed by atoms with van der Waals surface area (Å²) in [5, 5.41) is 0. The van der Waals surface area contributed by atoms with Crippen molar-refractivity contribution in [3.8, 4) is 0 Å². The number of nitrogens with one attached hydrogen (secondary N) is 2. The largest absolute Gasteiger partial charge is 0.460 e. The lowest BCUT2D eigenvalue weighted by Crippen LogP contribution is -2.55. The maximum absolute atomic E-state index is 13.2. The van der Waals surface area contributed by atoms with Crippen LogP contribution in [0.15, 0.2) is 36.0 Å². The summed E-state index contributed by atoms with van der Waals surface area (Å²) in [6.45, 7) is 2.60. The van der Waals surface area contributed by atoms with Crippen LogP contribution in [0.5, 0.6) is 0 Å². The lowest BCUT2D eigenvalue weighted by atomic mass is 10.1. The zero-order chi connectivity index (χ0) is 20.3. The number of amides is 1. The summed E-state index contributed by atoms with van der Waals surface area (Å²) in [7, 11) is 0. The molecule has 0 spiro atoms. The first-order valence-electron chi connectivity index (χ1n) is 6.88. The van der Waals surface area contributed by atoms with E-state index in [2.05, 4.69) is 0 Å². The molecule has 0 aliphatic carbocycles. The molecule has 11 heteroatoms. The van der Waals surface area contributed by atoms with E-state index in [4.69, 9.17) is 0 Å². The minimum atomic E-state index is -6.61. The van der Waals surface area contributed by atoms with E-state index in [-0.39, 0.29) is 11.6 Å². The zero-order valence-corrected chi connectivity index (χ0v) is 13.3. The number of halogens is 7. The van der Waals surface area contributed by atoms with Crippen molar-refractivity contribution in [1.82, 2.24) is 10.9 Å². The minimum Gasteiger partial charge on any atom is -0.303 e. The highest BCUT2D eigenvalue weighted by molar-refractivity contribution is 5.97. The fourth-order valence-electron chi connectivity index (χ4n) is 1.67. The molecule has 4 nitrogen and oxygen atoms in total. The number of benzene rings is 1. The molecule has 2 N–H and O–H groups in total. The molecule has 0 radical (unpaired) electrons. The molecule has 0 heterocycles. The van der Waals surface area contributed by atoms with Gasteiger partial charge in [-0.3, -0.25) is 15.0 Å². The van der Waals surface area contributed by atoms with Gasteiger partial charge in [-0.1, -0.05) is 17.7 Å². The fraction of sp³-hybridized carbons (Fsp3) is 0.333. The summed E-state index contributed by atoms with van der Waals surface area (Å²) in [6.07, 6.45) is -6.77. The first-order chi connectivity index (χ1) is 11.7. The molecular weight excluding hydrogens is 373 g/mol. The van der Waals surface area contributed by atoms with E-state index in [9.17, 15) is 40.3 Å². The SMILES string of the molecule is C/C(=C\C(=O)C(F)(F)C(F)(F)C(F)(F)F)NNC(=O)c1cccc(C)c1. The average molecular weight is 386 g/mol. The quantitative estimate of drug-likeness (QED) is 0.447. The Hall–Kier alpha value is -2.59. The van der Waals surface area contributed by atoms with E-state index in [0.29, 0.717) is 0 Å². The molecule has 144 valence electrons. The number of alkyl halides is 7. The van der Waals surface area contributed by atoms with Crippen LogP contribution in [-0.2, 0) is 4.79 Å². The molecule has 0 atom stereocenters. The standard InChI is InChI=1S/C15H13F7N2O2/c1-8-4-3-5-10(6-8)12(26)24-23-9(2)7-11(25)13(16,17)14(18,19)15(20,21)22/h3-7,23H,1-2H3,(H,24,26)/b9-7+.